The first-order chi connectivity index (χ1) is 13.4. The van der Waals surface area contributed by atoms with E-state index in [1.165, 1.54) is 0 Å². The molecule has 1 aromatic carbocycles. The standard InChI is InChI=1S/C20H27ClN4O3/c1-22(2)19(27)14-23-8-4-9-24(12-11-23)20(28)16-7-6-15(21)13-17(16)25-10-3-5-18(25)26/h6-7,13H,3-5,8-12,14H2,1-2H3. The Balaban J connectivity index is 1.74. The molecule has 0 N–H and O–H groups in total. The van der Waals surface area contributed by atoms with Crippen LogP contribution in [0.1, 0.15) is 29.6 Å². The Morgan fingerprint density at radius 1 is 1.07 bits per heavy atom. The van der Waals surface area contributed by atoms with Crippen molar-refractivity contribution in [3.05, 3.63) is 28.8 Å². The van der Waals surface area contributed by atoms with Gasteiger partial charge in [-0.3, -0.25) is 19.3 Å². The maximum absolute atomic E-state index is 13.2. The number of anilines is 1. The van der Waals surface area contributed by atoms with Gasteiger partial charge in [0.25, 0.3) is 5.91 Å². The maximum Gasteiger partial charge on any atom is 0.256 e. The molecule has 0 aliphatic carbocycles. The van der Waals surface area contributed by atoms with Gasteiger partial charge in [-0.1, -0.05) is 11.6 Å². The van der Waals surface area contributed by atoms with Gasteiger partial charge in [-0.25, -0.2) is 0 Å². The largest absolute Gasteiger partial charge is 0.348 e. The molecule has 0 saturated carbocycles. The Bertz CT molecular complexity index is 768. The summed E-state index contributed by atoms with van der Waals surface area (Å²) in [6.45, 7) is 3.58. The number of likely N-dealkylation sites (N-methyl/N-ethyl adjacent to an activating group) is 1. The van der Waals surface area contributed by atoms with Crippen molar-refractivity contribution in [2.45, 2.75) is 19.3 Å². The zero-order chi connectivity index (χ0) is 20.3. The summed E-state index contributed by atoms with van der Waals surface area (Å²) in [7, 11) is 3.50. The summed E-state index contributed by atoms with van der Waals surface area (Å²) >= 11 is 6.15. The maximum atomic E-state index is 13.2. The summed E-state index contributed by atoms with van der Waals surface area (Å²) in [6.07, 6.45) is 2.09. The Labute approximate surface area is 170 Å². The molecule has 0 unspecified atom stereocenters. The highest BCUT2D eigenvalue weighted by Crippen LogP contribution is 2.29. The topological polar surface area (TPSA) is 64.2 Å². The minimum atomic E-state index is -0.0906. The number of nitrogens with zero attached hydrogens (tertiary/aromatic N) is 4. The van der Waals surface area contributed by atoms with Gasteiger partial charge in [-0.15, -0.1) is 0 Å². The van der Waals surface area contributed by atoms with Crippen molar-refractivity contribution in [2.24, 2.45) is 0 Å². The molecule has 28 heavy (non-hydrogen) atoms. The van der Waals surface area contributed by atoms with E-state index in [0.717, 1.165) is 19.4 Å². The molecule has 2 aliphatic rings. The van der Waals surface area contributed by atoms with Crippen LogP contribution in [0.15, 0.2) is 18.2 Å². The molecule has 7 nitrogen and oxygen atoms in total. The van der Waals surface area contributed by atoms with E-state index in [4.69, 9.17) is 11.6 Å². The van der Waals surface area contributed by atoms with Crippen LogP contribution < -0.4 is 4.90 Å². The fourth-order valence-electron chi connectivity index (χ4n) is 3.65. The number of hydrogen-bond acceptors (Lipinski definition) is 4. The van der Waals surface area contributed by atoms with Gasteiger partial charge in [0.1, 0.15) is 0 Å². The molecule has 2 fully saturated rings. The van der Waals surface area contributed by atoms with E-state index in [2.05, 4.69) is 4.90 Å². The van der Waals surface area contributed by atoms with Crippen LogP contribution in [0.4, 0.5) is 5.69 Å². The summed E-state index contributed by atoms with van der Waals surface area (Å²) in [5, 5.41) is 0.510. The Morgan fingerprint density at radius 3 is 2.54 bits per heavy atom. The SMILES string of the molecule is CN(C)C(=O)CN1CCCN(C(=O)c2ccc(Cl)cc2N2CCCC2=O)CC1. The first kappa shape index (κ1) is 20.6. The second-order valence-electron chi connectivity index (χ2n) is 7.52. The molecule has 0 radical (unpaired) electrons. The highest BCUT2D eigenvalue weighted by Gasteiger charge is 2.29. The fraction of sp³-hybridized carbons (Fsp3) is 0.550. The van der Waals surface area contributed by atoms with E-state index in [1.807, 2.05) is 4.90 Å². The van der Waals surface area contributed by atoms with Gasteiger partial charge in [0.2, 0.25) is 11.8 Å². The van der Waals surface area contributed by atoms with E-state index in [1.54, 1.807) is 42.1 Å². The van der Waals surface area contributed by atoms with Gasteiger partial charge >= 0.3 is 0 Å². The normalized spacial score (nSPS) is 18.3. The molecule has 2 heterocycles. The predicted octanol–water partition coefficient (Wildman–Crippen LogP) is 1.70. The number of amides is 3. The van der Waals surface area contributed by atoms with Crippen LogP contribution in [0.5, 0.6) is 0 Å². The van der Waals surface area contributed by atoms with Crippen LogP contribution in [0, 0.1) is 0 Å². The first-order valence-electron chi connectivity index (χ1n) is 9.68. The highest BCUT2D eigenvalue weighted by atomic mass is 35.5. The Hall–Kier alpha value is -2.12. The smallest absolute Gasteiger partial charge is 0.256 e. The molecular weight excluding hydrogens is 380 g/mol. The van der Waals surface area contributed by atoms with Gasteiger partial charge in [0, 0.05) is 58.3 Å². The van der Waals surface area contributed by atoms with Gasteiger partial charge in [-0.05, 0) is 31.0 Å². The molecule has 1 aromatic rings. The zero-order valence-electron chi connectivity index (χ0n) is 16.5. The van der Waals surface area contributed by atoms with Crippen molar-refractivity contribution in [2.75, 3.05) is 58.3 Å². The number of rotatable bonds is 4. The summed E-state index contributed by atoms with van der Waals surface area (Å²) in [5.74, 6) is 0.0000173. The summed E-state index contributed by atoms with van der Waals surface area (Å²) in [6, 6.07) is 5.11. The Morgan fingerprint density at radius 2 is 1.86 bits per heavy atom. The van der Waals surface area contributed by atoms with Crippen LogP contribution in [0.25, 0.3) is 0 Å². The minimum absolute atomic E-state index is 0.0283. The lowest BCUT2D eigenvalue weighted by Gasteiger charge is -2.25. The lowest BCUT2D eigenvalue weighted by Crippen LogP contribution is -2.40. The van der Waals surface area contributed by atoms with Gasteiger partial charge < -0.3 is 14.7 Å². The van der Waals surface area contributed by atoms with Gasteiger partial charge in [0.15, 0.2) is 0 Å². The third kappa shape index (κ3) is 4.64. The molecule has 2 saturated heterocycles. The number of benzene rings is 1. The minimum Gasteiger partial charge on any atom is -0.348 e. The predicted molar refractivity (Wildman–Crippen MR) is 109 cm³/mol. The third-order valence-electron chi connectivity index (χ3n) is 5.29. The monoisotopic (exact) mass is 406 g/mol. The molecule has 2 aliphatic heterocycles. The quantitative estimate of drug-likeness (QED) is 0.763. The third-order valence-corrected chi connectivity index (χ3v) is 5.52. The van der Waals surface area contributed by atoms with Crippen LogP contribution >= 0.6 is 11.6 Å². The van der Waals surface area contributed by atoms with Gasteiger partial charge in [0.05, 0.1) is 17.8 Å². The molecule has 0 aromatic heterocycles. The lowest BCUT2D eigenvalue weighted by atomic mass is 10.1. The molecule has 0 bridgehead atoms. The van der Waals surface area contributed by atoms with Crippen molar-refractivity contribution in [1.82, 2.24) is 14.7 Å². The highest BCUT2D eigenvalue weighted by molar-refractivity contribution is 6.31. The average molecular weight is 407 g/mol. The van der Waals surface area contributed by atoms with Crippen molar-refractivity contribution < 1.29 is 14.4 Å². The zero-order valence-corrected chi connectivity index (χ0v) is 17.2. The molecule has 152 valence electrons. The molecule has 0 spiro atoms. The second kappa shape index (κ2) is 8.92. The summed E-state index contributed by atoms with van der Waals surface area (Å²) < 4.78 is 0. The second-order valence-corrected chi connectivity index (χ2v) is 7.96. The fourth-order valence-corrected chi connectivity index (χ4v) is 3.81. The van der Waals surface area contributed by atoms with E-state index in [9.17, 15) is 14.4 Å². The molecule has 0 atom stereocenters. The number of halogens is 1. The number of carbonyl (C=O) groups is 3. The van der Waals surface area contributed by atoms with Crippen molar-refractivity contribution in [3.8, 4) is 0 Å². The van der Waals surface area contributed by atoms with Crippen LogP contribution in [0.2, 0.25) is 5.02 Å². The molecule has 3 amide bonds. The molecule has 8 heteroatoms. The summed E-state index contributed by atoms with van der Waals surface area (Å²) in [5.41, 5.74) is 1.11. The van der Waals surface area contributed by atoms with E-state index >= 15 is 0 Å². The molecule has 3 rings (SSSR count). The van der Waals surface area contributed by atoms with E-state index < -0.39 is 0 Å². The van der Waals surface area contributed by atoms with E-state index in [0.29, 0.717) is 55.4 Å². The first-order valence-corrected chi connectivity index (χ1v) is 10.1. The van der Waals surface area contributed by atoms with Crippen molar-refractivity contribution in [3.63, 3.8) is 0 Å². The summed E-state index contributed by atoms with van der Waals surface area (Å²) in [4.78, 5) is 44.6. The number of hydrogen-bond donors (Lipinski definition) is 0. The average Bonchev–Trinajstić information content (AvgIpc) is 2.95. The lowest BCUT2D eigenvalue weighted by molar-refractivity contribution is -0.129. The molecular formula is C20H27ClN4O3. The Kier molecular flexibility index (Phi) is 6.57. The number of carbonyl (C=O) groups excluding carboxylic acids is 3. The van der Waals surface area contributed by atoms with Crippen LogP contribution in [-0.2, 0) is 9.59 Å². The van der Waals surface area contributed by atoms with Crippen molar-refractivity contribution in [1.29, 1.82) is 0 Å². The van der Waals surface area contributed by atoms with Crippen LogP contribution in [0.3, 0.4) is 0 Å². The van der Waals surface area contributed by atoms with E-state index in [-0.39, 0.29) is 17.7 Å². The van der Waals surface area contributed by atoms with Crippen LogP contribution in [-0.4, -0.2) is 85.8 Å². The van der Waals surface area contributed by atoms with Crippen molar-refractivity contribution >= 4 is 35.0 Å². The van der Waals surface area contributed by atoms with Gasteiger partial charge in [-0.2, -0.15) is 0 Å².